The molecule has 4 rings (SSSR count). The van der Waals surface area contributed by atoms with Crippen LogP contribution in [0.5, 0.6) is 11.5 Å². The van der Waals surface area contributed by atoms with E-state index in [1.54, 1.807) is 0 Å². The highest BCUT2D eigenvalue weighted by molar-refractivity contribution is 5.63. The lowest BCUT2D eigenvalue weighted by Gasteiger charge is -2.35. The van der Waals surface area contributed by atoms with Crippen molar-refractivity contribution in [2.75, 3.05) is 13.1 Å². The molecule has 128 valence electrons. The third kappa shape index (κ3) is 3.57. The van der Waals surface area contributed by atoms with Crippen molar-refractivity contribution in [2.24, 2.45) is 7.05 Å². The Hall–Kier alpha value is -2.63. The minimum Gasteiger partial charge on any atom is -0.457 e. The zero-order valence-electron chi connectivity index (χ0n) is 14.2. The molecule has 1 aliphatic heterocycles. The summed E-state index contributed by atoms with van der Waals surface area (Å²) in [5, 5.41) is 14.1. The molecule has 0 unspecified atom stereocenters. The number of nitrogens with zero attached hydrogens (tertiary/aromatic N) is 3. The maximum atomic E-state index is 9.46. The average molecular weight is 335 g/mol. The minimum absolute atomic E-state index is 0.186. The number of aryl methyl sites for hydroxylation is 1. The number of ether oxygens (including phenoxy) is 1. The predicted molar refractivity (Wildman–Crippen MR) is 96.4 cm³/mol. The zero-order valence-corrected chi connectivity index (χ0v) is 14.2. The lowest BCUT2D eigenvalue weighted by molar-refractivity contribution is -0.00279. The van der Waals surface area contributed by atoms with E-state index in [2.05, 4.69) is 16.2 Å². The molecule has 25 heavy (non-hydrogen) atoms. The number of aliphatic hydroxyl groups is 1. The van der Waals surface area contributed by atoms with E-state index >= 15 is 0 Å². The van der Waals surface area contributed by atoms with Crippen LogP contribution < -0.4 is 4.74 Å². The highest BCUT2D eigenvalue weighted by Crippen LogP contribution is 2.28. The molecule has 2 aromatic carbocycles. The smallest absolute Gasteiger partial charge is 0.127 e. The number of likely N-dealkylation sites (tertiary alicyclic amines) is 1. The van der Waals surface area contributed by atoms with Crippen molar-refractivity contribution >= 4 is 0 Å². The lowest BCUT2D eigenvalue weighted by atomic mass is 10.1. The third-order valence-electron chi connectivity index (χ3n) is 4.34. The highest BCUT2D eigenvalue weighted by Gasteiger charge is 2.25. The summed E-state index contributed by atoms with van der Waals surface area (Å²) in [5.74, 6) is 1.63. The number of hydrogen-bond donors (Lipinski definition) is 1. The molecular formula is C20H21N3O2. The quantitative estimate of drug-likeness (QED) is 0.779. The molecule has 0 saturated carbocycles. The molecule has 0 spiro atoms. The van der Waals surface area contributed by atoms with Gasteiger partial charge in [0.1, 0.15) is 11.5 Å². The Morgan fingerprint density at radius 1 is 1.04 bits per heavy atom. The summed E-state index contributed by atoms with van der Waals surface area (Å²) in [7, 11) is 1.94. The van der Waals surface area contributed by atoms with Gasteiger partial charge in [-0.3, -0.25) is 9.58 Å². The molecule has 0 radical (unpaired) electrons. The van der Waals surface area contributed by atoms with Crippen LogP contribution in [0.4, 0.5) is 0 Å². The van der Waals surface area contributed by atoms with E-state index in [1.165, 1.54) is 5.56 Å². The summed E-state index contributed by atoms with van der Waals surface area (Å²) in [5.41, 5.74) is 3.22. The second-order valence-electron chi connectivity index (χ2n) is 6.46. The average Bonchev–Trinajstić information content (AvgIpc) is 2.96. The van der Waals surface area contributed by atoms with Crippen LogP contribution in [0.3, 0.4) is 0 Å². The fourth-order valence-corrected chi connectivity index (χ4v) is 3.11. The van der Waals surface area contributed by atoms with Crippen LogP contribution in [-0.2, 0) is 13.6 Å². The van der Waals surface area contributed by atoms with Crippen molar-refractivity contribution in [1.82, 2.24) is 14.7 Å². The number of para-hydroxylation sites is 1. The van der Waals surface area contributed by atoms with Gasteiger partial charge in [0.25, 0.3) is 0 Å². The minimum atomic E-state index is -0.186. The summed E-state index contributed by atoms with van der Waals surface area (Å²) in [6.07, 6.45) is 1.86. The van der Waals surface area contributed by atoms with Gasteiger partial charge in [-0.2, -0.15) is 5.10 Å². The number of benzene rings is 2. The van der Waals surface area contributed by atoms with E-state index in [-0.39, 0.29) is 6.10 Å². The van der Waals surface area contributed by atoms with Crippen LogP contribution in [0.2, 0.25) is 0 Å². The Kier molecular flexibility index (Phi) is 4.26. The molecule has 5 heteroatoms. The number of aromatic nitrogens is 2. The van der Waals surface area contributed by atoms with Gasteiger partial charge in [0.05, 0.1) is 11.8 Å². The highest BCUT2D eigenvalue weighted by atomic mass is 16.5. The zero-order chi connectivity index (χ0) is 17.2. The standard InChI is InChI=1S/C20H21N3O2/c1-22-11-16(12-23-13-17(24)14-23)20(21-22)15-7-9-19(10-8-15)25-18-5-3-2-4-6-18/h2-11,17,24H,12-14H2,1H3. The van der Waals surface area contributed by atoms with Gasteiger partial charge in [0, 0.05) is 44.0 Å². The van der Waals surface area contributed by atoms with E-state index in [9.17, 15) is 5.11 Å². The largest absolute Gasteiger partial charge is 0.457 e. The summed E-state index contributed by atoms with van der Waals surface area (Å²) in [4.78, 5) is 2.22. The molecule has 1 aromatic heterocycles. The van der Waals surface area contributed by atoms with Crippen LogP contribution in [-0.4, -0.2) is 39.0 Å². The Balaban J connectivity index is 1.52. The fraction of sp³-hybridized carbons (Fsp3) is 0.250. The molecule has 5 nitrogen and oxygen atoms in total. The van der Waals surface area contributed by atoms with Crippen LogP contribution >= 0.6 is 0 Å². The van der Waals surface area contributed by atoms with Gasteiger partial charge in [-0.15, -0.1) is 0 Å². The first kappa shape index (κ1) is 15.9. The number of rotatable bonds is 5. The molecule has 0 amide bonds. The van der Waals surface area contributed by atoms with Crippen LogP contribution in [0, 0.1) is 0 Å². The molecule has 2 heterocycles. The molecule has 1 saturated heterocycles. The first-order chi connectivity index (χ1) is 12.2. The number of hydrogen-bond acceptors (Lipinski definition) is 4. The molecule has 0 bridgehead atoms. The second-order valence-corrected chi connectivity index (χ2v) is 6.46. The van der Waals surface area contributed by atoms with Gasteiger partial charge >= 0.3 is 0 Å². The molecule has 1 N–H and O–H groups in total. The molecule has 1 aliphatic rings. The van der Waals surface area contributed by atoms with Crippen molar-refractivity contribution in [2.45, 2.75) is 12.6 Å². The van der Waals surface area contributed by atoms with Crippen molar-refractivity contribution in [3.05, 3.63) is 66.4 Å². The van der Waals surface area contributed by atoms with Crippen molar-refractivity contribution in [3.8, 4) is 22.8 Å². The van der Waals surface area contributed by atoms with Crippen LogP contribution in [0.1, 0.15) is 5.56 Å². The Bertz CT molecular complexity index is 837. The molecule has 3 aromatic rings. The topological polar surface area (TPSA) is 50.5 Å². The summed E-state index contributed by atoms with van der Waals surface area (Å²) in [6, 6.07) is 17.8. The third-order valence-corrected chi connectivity index (χ3v) is 4.34. The maximum absolute atomic E-state index is 9.46. The normalized spacial score (nSPS) is 15.1. The Morgan fingerprint density at radius 3 is 2.40 bits per heavy atom. The number of β-amino-alcohol motifs (C(OH)–C–C–N with tert-alkyl or cyclic N) is 1. The predicted octanol–water partition coefficient (Wildman–Crippen LogP) is 3.06. The fourth-order valence-electron chi connectivity index (χ4n) is 3.11. The maximum Gasteiger partial charge on any atom is 0.127 e. The van der Waals surface area contributed by atoms with Crippen LogP contribution in [0.15, 0.2) is 60.8 Å². The van der Waals surface area contributed by atoms with Crippen molar-refractivity contribution in [3.63, 3.8) is 0 Å². The van der Waals surface area contributed by atoms with Crippen molar-refractivity contribution < 1.29 is 9.84 Å². The van der Waals surface area contributed by atoms with E-state index < -0.39 is 0 Å². The van der Waals surface area contributed by atoms with Crippen LogP contribution in [0.25, 0.3) is 11.3 Å². The Labute approximate surface area is 147 Å². The first-order valence-corrected chi connectivity index (χ1v) is 8.43. The summed E-state index contributed by atoms with van der Waals surface area (Å²) >= 11 is 0. The van der Waals surface area contributed by atoms with E-state index in [1.807, 2.05) is 66.3 Å². The van der Waals surface area contributed by atoms with Gasteiger partial charge in [-0.25, -0.2) is 0 Å². The molecule has 0 aliphatic carbocycles. The summed E-state index contributed by atoms with van der Waals surface area (Å²) in [6.45, 7) is 2.28. The molecule has 0 atom stereocenters. The van der Waals surface area contributed by atoms with Gasteiger partial charge in [0.2, 0.25) is 0 Å². The molecule has 1 fully saturated rings. The first-order valence-electron chi connectivity index (χ1n) is 8.43. The van der Waals surface area contributed by atoms with Gasteiger partial charge < -0.3 is 9.84 Å². The van der Waals surface area contributed by atoms with Crippen molar-refractivity contribution in [1.29, 1.82) is 0 Å². The monoisotopic (exact) mass is 335 g/mol. The Morgan fingerprint density at radius 2 is 1.72 bits per heavy atom. The SMILES string of the molecule is Cn1cc(CN2CC(O)C2)c(-c2ccc(Oc3ccccc3)cc2)n1. The van der Waals surface area contributed by atoms with E-state index in [0.717, 1.165) is 42.4 Å². The van der Waals surface area contributed by atoms with Gasteiger partial charge in [-0.05, 0) is 36.4 Å². The van der Waals surface area contributed by atoms with Gasteiger partial charge in [0.15, 0.2) is 0 Å². The summed E-state index contributed by atoms with van der Waals surface area (Å²) < 4.78 is 7.69. The van der Waals surface area contributed by atoms with E-state index in [0.29, 0.717) is 0 Å². The van der Waals surface area contributed by atoms with Gasteiger partial charge in [-0.1, -0.05) is 18.2 Å². The lowest BCUT2D eigenvalue weighted by Crippen LogP contribution is -2.49. The van der Waals surface area contributed by atoms with E-state index in [4.69, 9.17) is 4.74 Å². The molecular weight excluding hydrogens is 314 g/mol. The second kappa shape index (κ2) is 6.70. The number of aliphatic hydroxyl groups excluding tert-OH is 1.